The Kier molecular flexibility index (Phi) is 7.84. The minimum Gasteiger partial charge on any atom is -0.489 e. The molecule has 1 heterocycles. The minimum atomic E-state index is -0.504. The topological polar surface area (TPSA) is 75.9 Å². The van der Waals surface area contributed by atoms with Crippen LogP contribution in [-0.4, -0.2) is 53.8 Å². The number of piperazine rings is 1. The van der Waals surface area contributed by atoms with Crippen molar-refractivity contribution in [2.24, 2.45) is 5.73 Å². The maximum Gasteiger partial charge on any atom is 0.253 e. The number of carbonyl (C=O) groups excluding carboxylic acids is 2. The summed E-state index contributed by atoms with van der Waals surface area (Å²) in [6, 6.07) is 16.6. The summed E-state index contributed by atoms with van der Waals surface area (Å²) in [4.78, 5) is 28.1. The lowest BCUT2D eigenvalue weighted by atomic mass is 10.1. The zero-order chi connectivity index (χ0) is 19.2. The van der Waals surface area contributed by atoms with Crippen molar-refractivity contribution in [3.8, 4) is 5.75 Å². The molecule has 1 saturated heterocycles. The smallest absolute Gasteiger partial charge is 0.253 e. The Hall–Kier alpha value is -2.57. The summed E-state index contributed by atoms with van der Waals surface area (Å²) in [6.45, 7) is 4.24. The second kappa shape index (κ2) is 10.1. The summed E-state index contributed by atoms with van der Waals surface area (Å²) in [5.74, 6) is 0.627. The Labute approximate surface area is 171 Å². The molecule has 1 fully saturated rings. The SMILES string of the molecule is C[C@@H](N)C(=O)N1CCN(C(=O)c2ccc(OCc3ccccc3)cc2)CC1.Cl. The van der Waals surface area contributed by atoms with Crippen LogP contribution in [0.25, 0.3) is 0 Å². The van der Waals surface area contributed by atoms with Gasteiger partial charge in [-0.05, 0) is 36.8 Å². The first-order valence-electron chi connectivity index (χ1n) is 9.15. The van der Waals surface area contributed by atoms with Crippen molar-refractivity contribution in [3.05, 3.63) is 65.7 Å². The molecule has 0 aliphatic carbocycles. The maximum atomic E-state index is 12.7. The quantitative estimate of drug-likeness (QED) is 0.831. The molecule has 3 rings (SSSR count). The van der Waals surface area contributed by atoms with Crippen LogP contribution in [0.5, 0.6) is 5.75 Å². The van der Waals surface area contributed by atoms with Gasteiger partial charge in [-0.3, -0.25) is 9.59 Å². The van der Waals surface area contributed by atoms with E-state index in [0.29, 0.717) is 38.3 Å². The predicted molar refractivity (Wildman–Crippen MR) is 111 cm³/mol. The molecule has 2 aromatic rings. The average Bonchev–Trinajstić information content (AvgIpc) is 2.72. The van der Waals surface area contributed by atoms with Gasteiger partial charge in [0, 0.05) is 31.7 Å². The van der Waals surface area contributed by atoms with Crippen LogP contribution in [0, 0.1) is 0 Å². The van der Waals surface area contributed by atoms with E-state index >= 15 is 0 Å². The molecule has 0 aromatic heterocycles. The van der Waals surface area contributed by atoms with Crippen molar-refractivity contribution >= 4 is 24.2 Å². The van der Waals surface area contributed by atoms with Gasteiger partial charge < -0.3 is 20.3 Å². The van der Waals surface area contributed by atoms with E-state index in [-0.39, 0.29) is 24.2 Å². The Morgan fingerprint density at radius 3 is 2.11 bits per heavy atom. The number of nitrogens with two attached hydrogens (primary N) is 1. The standard InChI is InChI=1S/C21H25N3O3.ClH/c1-16(22)20(25)23-11-13-24(14-12-23)21(26)18-7-9-19(10-8-18)27-15-17-5-3-2-4-6-17;/h2-10,16H,11-15,22H2,1H3;1H/t16-;/m1./s1. The fraction of sp³-hybridized carbons (Fsp3) is 0.333. The van der Waals surface area contributed by atoms with Crippen LogP contribution in [0.3, 0.4) is 0 Å². The summed E-state index contributed by atoms with van der Waals surface area (Å²) in [7, 11) is 0. The van der Waals surface area contributed by atoms with Crippen molar-refractivity contribution in [1.82, 2.24) is 9.80 Å². The molecule has 1 aliphatic rings. The van der Waals surface area contributed by atoms with Gasteiger partial charge in [-0.2, -0.15) is 0 Å². The zero-order valence-corrected chi connectivity index (χ0v) is 16.7. The molecule has 2 N–H and O–H groups in total. The van der Waals surface area contributed by atoms with E-state index in [0.717, 1.165) is 11.3 Å². The van der Waals surface area contributed by atoms with Crippen molar-refractivity contribution in [1.29, 1.82) is 0 Å². The van der Waals surface area contributed by atoms with Crippen molar-refractivity contribution in [2.75, 3.05) is 26.2 Å². The molecular weight excluding hydrogens is 378 g/mol. The molecule has 0 radical (unpaired) electrons. The molecule has 0 saturated carbocycles. The van der Waals surface area contributed by atoms with Crippen molar-refractivity contribution in [2.45, 2.75) is 19.6 Å². The first-order chi connectivity index (χ1) is 13.0. The van der Waals surface area contributed by atoms with E-state index in [1.54, 1.807) is 28.9 Å². The Bertz CT molecular complexity index is 773. The molecule has 0 unspecified atom stereocenters. The first kappa shape index (κ1) is 21.7. The summed E-state index contributed by atoms with van der Waals surface area (Å²) in [5, 5.41) is 0. The number of rotatable bonds is 5. The molecule has 150 valence electrons. The summed E-state index contributed by atoms with van der Waals surface area (Å²) in [5.41, 5.74) is 7.36. The predicted octanol–water partition coefficient (Wildman–Crippen LogP) is 2.32. The third kappa shape index (κ3) is 5.47. The molecule has 28 heavy (non-hydrogen) atoms. The van der Waals surface area contributed by atoms with Gasteiger partial charge in [0.25, 0.3) is 5.91 Å². The van der Waals surface area contributed by atoms with Crippen LogP contribution in [0.1, 0.15) is 22.8 Å². The lowest BCUT2D eigenvalue weighted by molar-refractivity contribution is -0.133. The van der Waals surface area contributed by atoms with Gasteiger partial charge in [0.1, 0.15) is 12.4 Å². The van der Waals surface area contributed by atoms with Crippen LogP contribution in [0.4, 0.5) is 0 Å². The molecule has 6 nitrogen and oxygen atoms in total. The molecule has 2 aromatic carbocycles. The normalized spacial score (nSPS) is 14.8. The summed E-state index contributed by atoms with van der Waals surface area (Å²) >= 11 is 0. The lowest BCUT2D eigenvalue weighted by Crippen LogP contribution is -2.53. The first-order valence-corrected chi connectivity index (χ1v) is 9.15. The Morgan fingerprint density at radius 2 is 1.54 bits per heavy atom. The summed E-state index contributed by atoms with van der Waals surface area (Å²) in [6.07, 6.45) is 0. The average molecular weight is 404 g/mol. The molecule has 2 amide bonds. The fourth-order valence-electron chi connectivity index (χ4n) is 3.04. The third-order valence-electron chi connectivity index (χ3n) is 4.62. The van der Waals surface area contributed by atoms with Crippen LogP contribution in [-0.2, 0) is 11.4 Å². The van der Waals surface area contributed by atoms with E-state index in [1.165, 1.54) is 0 Å². The molecule has 1 aliphatic heterocycles. The highest BCUT2D eigenvalue weighted by Crippen LogP contribution is 2.16. The van der Waals surface area contributed by atoms with E-state index in [1.807, 2.05) is 42.5 Å². The summed E-state index contributed by atoms with van der Waals surface area (Å²) < 4.78 is 5.75. The monoisotopic (exact) mass is 403 g/mol. The zero-order valence-electron chi connectivity index (χ0n) is 15.9. The molecular formula is C21H26ClN3O3. The van der Waals surface area contributed by atoms with E-state index < -0.39 is 6.04 Å². The highest BCUT2D eigenvalue weighted by molar-refractivity contribution is 5.94. The third-order valence-corrected chi connectivity index (χ3v) is 4.62. The van der Waals surface area contributed by atoms with Crippen molar-refractivity contribution < 1.29 is 14.3 Å². The molecule has 0 spiro atoms. The number of amides is 2. The Morgan fingerprint density at radius 1 is 0.964 bits per heavy atom. The number of nitrogens with zero attached hydrogens (tertiary/aromatic N) is 2. The van der Waals surface area contributed by atoms with Gasteiger partial charge in [-0.1, -0.05) is 30.3 Å². The van der Waals surface area contributed by atoms with Crippen LogP contribution >= 0.6 is 12.4 Å². The number of hydrogen-bond donors (Lipinski definition) is 1. The second-order valence-corrected chi connectivity index (χ2v) is 6.70. The van der Waals surface area contributed by atoms with Gasteiger partial charge >= 0.3 is 0 Å². The van der Waals surface area contributed by atoms with E-state index in [4.69, 9.17) is 10.5 Å². The highest BCUT2D eigenvalue weighted by atomic mass is 35.5. The number of hydrogen-bond acceptors (Lipinski definition) is 4. The van der Waals surface area contributed by atoms with E-state index in [9.17, 15) is 9.59 Å². The molecule has 7 heteroatoms. The Balaban J connectivity index is 0.00000280. The largest absolute Gasteiger partial charge is 0.489 e. The minimum absolute atomic E-state index is 0. The number of carbonyl (C=O) groups is 2. The van der Waals surface area contributed by atoms with Crippen LogP contribution in [0.2, 0.25) is 0 Å². The van der Waals surface area contributed by atoms with Gasteiger partial charge in [0.2, 0.25) is 5.91 Å². The van der Waals surface area contributed by atoms with Gasteiger partial charge in [-0.15, -0.1) is 12.4 Å². The van der Waals surface area contributed by atoms with Crippen molar-refractivity contribution in [3.63, 3.8) is 0 Å². The molecule has 1 atom stereocenters. The van der Waals surface area contributed by atoms with Gasteiger partial charge in [0.05, 0.1) is 6.04 Å². The molecule has 0 bridgehead atoms. The lowest BCUT2D eigenvalue weighted by Gasteiger charge is -2.35. The van der Waals surface area contributed by atoms with Crippen LogP contribution in [0.15, 0.2) is 54.6 Å². The number of ether oxygens (including phenoxy) is 1. The number of halogens is 1. The maximum absolute atomic E-state index is 12.7. The van der Waals surface area contributed by atoms with Gasteiger partial charge in [0.15, 0.2) is 0 Å². The van der Waals surface area contributed by atoms with Crippen LogP contribution < -0.4 is 10.5 Å². The second-order valence-electron chi connectivity index (χ2n) is 6.70. The fourth-order valence-corrected chi connectivity index (χ4v) is 3.04. The number of benzene rings is 2. The highest BCUT2D eigenvalue weighted by Gasteiger charge is 2.26. The van der Waals surface area contributed by atoms with E-state index in [2.05, 4.69) is 0 Å². The van der Waals surface area contributed by atoms with Gasteiger partial charge in [-0.25, -0.2) is 0 Å².